The number of ketones is 1. The van der Waals surface area contributed by atoms with Crippen molar-refractivity contribution in [3.05, 3.63) is 0 Å². The lowest BCUT2D eigenvalue weighted by molar-refractivity contribution is -0.150. The van der Waals surface area contributed by atoms with Gasteiger partial charge < -0.3 is 35.7 Å². The summed E-state index contributed by atoms with van der Waals surface area (Å²) in [6.45, 7) is 1.44. The molecule has 2 atom stereocenters. The predicted molar refractivity (Wildman–Crippen MR) is 84.0 cm³/mol. The van der Waals surface area contributed by atoms with Gasteiger partial charge in [-0.1, -0.05) is 0 Å². The molecule has 27 heavy (non-hydrogen) atoms. The fourth-order valence-corrected chi connectivity index (χ4v) is 0.964. The fourth-order valence-electron chi connectivity index (χ4n) is 0.964. The molecule has 0 radical (unpaired) electrons. The second kappa shape index (κ2) is 16.4. The zero-order valence-corrected chi connectivity index (χ0v) is 14.3. The zero-order valence-electron chi connectivity index (χ0n) is 14.3. The van der Waals surface area contributed by atoms with Gasteiger partial charge in [-0.2, -0.15) is 0 Å². The van der Waals surface area contributed by atoms with Crippen molar-refractivity contribution in [1.82, 2.24) is 0 Å². The van der Waals surface area contributed by atoms with Crippen molar-refractivity contribution < 1.29 is 64.5 Å². The van der Waals surface area contributed by atoms with E-state index in [9.17, 15) is 28.8 Å². The number of aliphatic hydroxyl groups is 2. The molecule has 0 heterocycles. The Morgan fingerprint density at radius 1 is 0.704 bits per heavy atom. The van der Waals surface area contributed by atoms with E-state index in [0.29, 0.717) is 0 Å². The van der Waals surface area contributed by atoms with Gasteiger partial charge in [-0.3, -0.25) is 19.2 Å². The number of aliphatic carboxylic acids is 5. The van der Waals surface area contributed by atoms with Gasteiger partial charge in [0.15, 0.2) is 6.10 Å². The van der Waals surface area contributed by atoms with Crippen LogP contribution in [0.5, 0.6) is 0 Å². The highest BCUT2D eigenvalue weighted by molar-refractivity contribution is 6.32. The Labute approximate surface area is 152 Å². The summed E-state index contributed by atoms with van der Waals surface area (Å²) < 4.78 is 0. The van der Waals surface area contributed by atoms with Crippen molar-refractivity contribution in [3.8, 4) is 0 Å². The van der Waals surface area contributed by atoms with Gasteiger partial charge >= 0.3 is 29.8 Å². The molecule has 0 amide bonds. The van der Waals surface area contributed by atoms with Crippen LogP contribution in [0.4, 0.5) is 0 Å². The molecule has 0 aromatic heterocycles. The second-order valence-corrected chi connectivity index (χ2v) is 4.86. The quantitative estimate of drug-likeness (QED) is 0.210. The number of carbonyl (C=O) groups is 6. The van der Waals surface area contributed by atoms with Crippen LogP contribution >= 0.6 is 0 Å². The maximum atomic E-state index is 10.2. The first kappa shape index (κ1) is 28.7. The summed E-state index contributed by atoms with van der Waals surface area (Å²) in [6, 6.07) is 0. The molecule has 13 nitrogen and oxygen atoms in total. The first-order valence-electron chi connectivity index (χ1n) is 7.21. The average molecular weight is 398 g/mol. The van der Waals surface area contributed by atoms with E-state index in [0.717, 1.165) is 0 Å². The molecule has 0 saturated carbocycles. The zero-order chi connectivity index (χ0) is 22.2. The molecule has 0 aliphatic heterocycles. The maximum absolute atomic E-state index is 10.2. The van der Waals surface area contributed by atoms with E-state index < -0.39 is 60.7 Å². The van der Waals surface area contributed by atoms with Gasteiger partial charge in [-0.05, 0) is 13.3 Å². The van der Waals surface area contributed by atoms with Crippen LogP contribution in [0.3, 0.4) is 0 Å². The van der Waals surface area contributed by atoms with Crippen LogP contribution in [0.2, 0.25) is 0 Å². The summed E-state index contributed by atoms with van der Waals surface area (Å²) in [5, 5.41) is 56.8. The summed E-state index contributed by atoms with van der Waals surface area (Å²) in [5.74, 6) is -7.28. The molecule has 0 fully saturated rings. The van der Waals surface area contributed by atoms with Gasteiger partial charge in [-0.15, -0.1) is 0 Å². The molecular weight excluding hydrogens is 376 g/mol. The van der Waals surface area contributed by atoms with Crippen LogP contribution in [-0.4, -0.2) is 83.6 Å². The van der Waals surface area contributed by atoms with Crippen LogP contribution in [0.25, 0.3) is 0 Å². The number of carboxylic acids is 5. The van der Waals surface area contributed by atoms with Crippen LogP contribution in [-0.2, 0) is 28.8 Å². The molecule has 0 rings (SSSR count). The maximum Gasteiger partial charge on any atom is 0.372 e. The van der Waals surface area contributed by atoms with E-state index in [1.54, 1.807) is 0 Å². The van der Waals surface area contributed by atoms with Crippen LogP contribution in [0, 0.1) is 0 Å². The highest BCUT2D eigenvalue weighted by atomic mass is 16.4. The van der Waals surface area contributed by atoms with E-state index in [4.69, 9.17) is 35.7 Å². The monoisotopic (exact) mass is 398 g/mol. The summed E-state index contributed by atoms with van der Waals surface area (Å²) >= 11 is 0. The van der Waals surface area contributed by atoms with Crippen molar-refractivity contribution in [2.45, 2.75) is 51.2 Å². The SMILES string of the molecule is CC(O)CC(=O)O.O=C(O)CCC(=O)C(=O)O.O=C(O)CCC(O)C(=O)O. The minimum Gasteiger partial charge on any atom is -0.481 e. The van der Waals surface area contributed by atoms with Gasteiger partial charge in [0.25, 0.3) is 0 Å². The minimum atomic E-state index is -1.58. The number of aliphatic hydroxyl groups excluding tert-OH is 2. The van der Waals surface area contributed by atoms with Gasteiger partial charge in [0.1, 0.15) is 0 Å². The number of hydrogen-bond donors (Lipinski definition) is 7. The van der Waals surface area contributed by atoms with Crippen molar-refractivity contribution in [2.75, 3.05) is 0 Å². The molecule has 156 valence electrons. The molecule has 2 unspecified atom stereocenters. The molecule has 0 aromatic carbocycles. The Kier molecular flexibility index (Phi) is 17.5. The number of Topliss-reactive ketones (excluding diaryl/α,β-unsaturated/α-hetero) is 1. The molecule has 0 aliphatic rings. The van der Waals surface area contributed by atoms with E-state index in [1.165, 1.54) is 6.92 Å². The Hall–Kier alpha value is -3.06. The second-order valence-electron chi connectivity index (χ2n) is 4.86. The summed E-state index contributed by atoms with van der Waals surface area (Å²) in [5.41, 5.74) is 0. The molecular formula is C14H22O13. The van der Waals surface area contributed by atoms with Gasteiger partial charge in [0.2, 0.25) is 5.78 Å². The largest absolute Gasteiger partial charge is 0.481 e. The van der Waals surface area contributed by atoms with E-state index in [-0.39, 0.29) is 19.3 Å². The number of hydrogen-bond acceptors (Lipinski definition) is 8. The van der Waals surface area contributed by atoms with Gasteiger partial charge in [-0.25, -0.2) is 9.59 Å². The average Bonchev–Trinajstić information content (AvgIpc) is 2.49. The predicted octanol–water partition coefficient (Wildman–Crippen LogP) is -1.36. The van der Waals surface area contributed by atoms with E-state index in [1.807, 2.05) is 0 Å². The van der Waals surface area contributed by atoms with E-state index >= 15 is 0 Å². The lowest BCUT2D eigenvalue weighted by atomic mass is 10.2. The topological polar surface area (TPSA) is 244 Å². The Bertz CT molecular complexity index is 523. The standard InChI is InChI=1S/C5H8O5.C5H6O5.C4H8O3/c2*6-3(5(9)10)1-2-4(7)8;1-3(5)2-4(6)7/h3,6H,1-2H2,(H,7,8)(H,9,10);1-2H2,(H,7,8)(H,9,10);3,5H,2H2,1H3,(H,6,7). The lowest BCUT2D eigenvalue weighted by Gasteiger charge is -2.00. The minimum absolute atomic E-state index is 0.167. The number of carboxylic acid groups (broad SMARTS) is 5. The van der Waals surface area contributed by atoms with Crippen LogP contribution in [0.1, 0.15) is 39.0 Å². The van der Waals surface area contributed by atoms with Crippen molar-refractivity contribution >= 4 is 35.6 Å². The molecule has 0 aromatic rings. The third-order valence-electron chi connectivity index (χ3n) is 2.19. The van der Waals surface area contributed by atoms with Crippen LogP contribution < -0.4 is 0 Å². The highest BCUT2D eigenvalue weighted by Gasteiger charge is 2.14. The molecule has 0 saturated heterocycles. The van der Waals surface area contributed by atoms with Gasteiger partial charge in [0, 0.05) is 12.8 Å². The molecule has 13 heteroatoms. The van der Waals surface area contributed by atoms with Crippen molar-refractivity contribution in [3.63, 3.8) is 0 Å². The van der Waals surface area contributed by atoms with E-state index in [2.05, 4.69) is 0 Å². The normalized spacial score (nSPS) is 11.4. The fraction of sp³-hybridized carbons (Fsp3) is 0.571. The van der Waals surface area contributed by atoms with Crippen molar-refractivity contribution in [1.29, 1.82) is 0 Å². The van der Waals surface area contributed by atoms with Gasteiger partial charge in [0.05, 0.1) is 18.9 Å². The first-order chi connectivity index (χ1) is 12.2. The number of rotatable bonds is 10. The molecule has 7 N–H and O–H groups in total. The smallest absolute Gasteiger partial charge is 0.372 e. The van der Waals surface area contributed by atoms with Crippen LogP contribution in [0.15, 0.2) is 0 Å². The summed E-state index contributed by atoms with van der Waals surface area (Å²) in [7, 11) is 0. The number of carbonyl (C=O) groups excluding carboxylic acids is 1. The highest BCUT2D eigenvalue weighted by Crippen LogP contribution is 1.96. The Morgan fingerprint density at radius 3 is 1.37 bits per heavy atom. The molecule has 0 bridgehead atoms. The molecule has 0 aliphatic carbocycles. The summed E-state index contributed by atoms with van der Waals surface area (Å²) in [4.78, 5) is 59.1. The molecule has 0 spiro atoms. The third-order valence-corrected chi connectivity index (χ3v) is 2.19. The Morgan fingerprint density at radius 2 is 1.15 bits per heavy atom. The summed E-state index contributed by atoms with van der Waals surface area (Å²) in [6.07, 6.45) is -3.89. The Balaban J connectivity index is -0.000000326. The third kappa shape index (κ3) is 28.0. The lowest BCUT2D eigenvalue weighted by Crippen LogP contribution is -2.20. The van der Waals surface area contributed by atoms with Crippen molar-refractivity contribution in [2.24, 2.45) is 0 Å². The first-order valence-corrected chi connectivity index (χ1v) is 7.21.